The molecule has 1 atom stereocenters. The first kappa shape index (κ1) is 27.3. The van der Waals surface area contributed by atoms with Crippen LogP contribution < -0.4 is 10.6 Å². The summed E-state index contributed by atoms with van der Waals surface area (Å²) >= 11 is 1.03. The quantitative estimate of drug-likeness (QED) is 0.477. The van der Waals surface area contributed by atoms with Gasteiger partial charge in [-0.15, -0.1) is 11.3 Å². The molecule has 37 heavy (non-hydrogen) atoms. The number of alkyl halides is 3. The molecule has 12 heteroatoms. The molecule has 1 saturated heterocycles. The Morgan fingerprint density at radius 3 is 2.51 bits per heavy atom. The number of thiazole rings is 1. The van der Waals surface area contributed by atoms with Gasteiger partial charge in [-0.1, -0.05) is 0 Å². The Labute approximate surface area is 217 Å². The summed E-state index contributed by atoms with van der Waals surface area (Å²) < 4.78 is 40.0. The minimum absolute atomic E-state index is 0.0302. The van der Waals surface area contributed by atoms with Gasteiger partial charge in [-0.2, -0.15) is 13.2 Å². The van der Waals surface area contributed by atoms with Crippen LogP contribution >= 0.6 is 11.3 Å². The standard InChI is InChI=1S/C25H32F3N5O3S/c1-14-11-17(32-23(3,4)25(26,27)28)29-12-16(14)19-18(22(35)33-10-5-7-15(33)2)31-21(37-19)20(34)30-13-24(36)8-6-9-24/h11-12,15,36H,5-10,13H2,1-4H3,(H,29,32)(H,30,34)/t15-/m0/s1. The molecule has 0 bridgehead atoms. The highest BCUT2D eigenvalue weighted by Crippen LogP contribution is 2.37. The molecule has 1 saturated carbocycles. The second-order valence-corrected chi connectivity index (χ2v) is 11.6. The van der Waals surface area contributed by atoms with Gasteiger partial charge in [-0.3, -0.25) is 9.59 Å². The lowest BCUT2D eigenvalue weighted by Gasteiger charge is -2.36. The van der Waals surface area contributed by atoms with E-state index >= 15 is 0 Å². The van der Waals surface area contributed by atoms with Gasteiger partial charge >= 0.3 is 6.18 Å². The Balaban J connectivity index is 1.66. The fraction of sp³-hybridized carbons (Fsp3) is 0.600. The van der Waals surface area contributed by atoms with Gasteiger partial charge in [-0.05, 0) is 71.4 Å². The van der Waals surface area contributed by atoms with Crippen LogP contribution in [0.25, 0.3) is 10.4 Å². The van der Waals surface area contributed by atoms with Crippen LogP contribution in [0.2, 0.25) is 0 Å². The molecule has 202 valence electrons. The predicted octanol–water partition coefficient (Wildman–Crippen LogP) is 4.54. The average molecular weight is 540 g/mol. The highest BCUT2D eigenvalue weighted by atomic mass is 32.1. The van der Waals surface area contributed by atoms with Gasteiger partial charge in [0, 0.05) is 30.9 Å². The normalized spacial score (nSPS) is 19.5. The van der Waals surface area contributed by atoms with Crippen molar-refractivity contribution in [1.29, 1.82) is 0 Å². The molecule has 2 aromatic rings. The number of rotatable bonds is 7. The number of hydrogen-bond donors (Lipinski definition) is 3. The van der Waals surface area contributed by atoms with Crippen molar-refractivity contribution < 1.29 is 27.9 Å². The summed E-state index contributed by atoms with van der Waals surface area (Å²) in [7, 11) is 0. The molecule has 3 heterocycles. The number of halogens is 3. The lowest BCUT2D eigenvalue weighted by atomic mass is 9.80. The van der Waals surface area contributed by atoms with Crippen molar-refractivity contribution >= 4 is 29.0 Å². The molecule has 4 rings (SSSR count). The molecule has 2 aromatic heterocycles. The largest absolute Gasteiger partial charge is 0.410 e. The Morgan fingerprint density at radius 1 is 1.27 bits per heavy atom. The third-order valence-electron chi connectivity index (χ3n) is 7.20. The van der Waals surface area contributed by atoms with E-state index in [9.17, 15) is 27.9 Å². The summed E-state index contributed by atoms with van der Waals surface area (Å²) in [6.45, 7) is 6.40. The molecule has 0 spiro atoms. The number of nitrogens with one attached hydrogen (secondary N) is 2. The van der Waals surface area contributed by atoms with Crippen molar-refractivity contribution in [2.45, 2.75) is 83.2 Å². The molecule has 2 aliphatic rings. The van der Waals surface area contributed by atoms with Crippen LogP contribution in [0.4, 0.5) is 19.0 Å². The first-order valence-electron chi connectivity index (χ1n) is 12.3. The number of nitrogens with zero attached hydrogens (tertiary/aromatic N) is 3. The van der Waals surface area contributed by atoms with Crippen molar-refractivity contribution in [3.63, 3.8) is 0 Å². The van der Waals surface area contributed by atoms with Crippen molar-refractivity contribution in [2.24, 2.45) is 0 Å². The Kier molecular flexibility index (Phi) is 7.28. The number of aliphatic hydroxyl groups is 1. The van der Waals surface area contributed by atoms with Crippen LogP contribution in [0, 0.1) is 6.92 Å². The maximum absolute atomic E-state index is 13.5. The number of likely N-dealkylation sites (tertiary alicyclic amines) is 1. The average Bonchev–Trinajstić information content (AvgIpc) is 3.41. The van der Waals surface area contributed by atoms with Crippen molar-refractivity contribution in [1.82, 2.24) is 20.2 Å². The van der Waals surface area contributed by atoms with Crippen LogP contribution in [-0.2, 0) is 0 Å². The van der Waals surface area contributed by atoms with Crippen LogP contribution in [-0.4, -0.2) is 68.2 Å². The van der Waals surface area contributed by atoms with Gasteiger partial charge in [0.15, 0.2) is 5.01 Å². The molecule has 0 unspecified atom stereocenters. The summed E-state index contributed by atoms with van der Waals surface area (Å²) in [5, 5.41) is 15.5. The Hall–Kier alpha value is -2.73. The first-order valence-corrected chi connectivity index (χ1v) is 13.2. The van der Waals surface area contributed by atoms with Crippen molar-refractivity contribution in [3.8, 4) is 10.4 Å². The Morgan fingerprint density at radius 2 is 1.97 bits per heavy atom. The highest BCUT2D eigenvalue weighted by Gasteiger charge is 2.47. The molecule has 8 nitrogen and oxygen atoms in total. The van der Waals surface area contributed by atoms with Gasteiger partial charge in [0.2, 0.25) is 0 Å². The summed E-state index contributed by atoms with van der Waals surface area (Å²) in [5.74, 6) is -0.746. The van der Waals surface area contributed by atoms with E-state index in [1.54, 1.807) is 11.8 Å². The number of pyridine rings is 1. The van der Waals surface area contributed by atoms with Crippen molar-refractivity contribution in [3.05, 3.63) is 28.5 Å². The van der Waals surface area contributed by atoms with Gasteiger partial charge < -0.3 is 20.6 Å². The van der Waals surface area contributed by atoms with Crippen LogP contribution in [0.3, 0.4) is 0 Å². The zero-order chi connectivity index (χ0) is 27.2. The highest BCUT2D eigenvalue weighted by molar-refractivity contribution is 7.17. The summed E-state index contributed by atoms with van der Waals surface area (Å²) in [5.41, 5.74) is -1.89. The molecule has 3 N–H and O–H groups in total. The summed E-state index contributed by atoms with van der Waals surface area (Å²) in [6.07, 6.45) is 0.784. The fourth-order valence-electron chi connectivity index (χ4n) is 4.45. The van der Waals surface area contributed by atoms with E-state index in [1.807, 2.05) is 6.92 Å². The van der Waals surface area contributed by atoms with E-state index in [0.29, 0.717) is 35.4 Å². The second-order valence-electron chi connectivity index (χ2n) is 10.6. The SMILES string of the molecule is Cc1cc(NC(C)(C)C(F)(F)F)ncc1-c1sc(C(=O)NCC2(O)CCC2)nc1C(=O)N1CCC[C@@H]1C. The predicted molar refractivity (Wildman–Crippen MR) is 135 cm³/mol. The molecular formula is C25H32F3N5O3S. The van der Waals surface area contributed by atoms with E-state index in [4.69, 9.17) is 0 Å². The molecule has 2 amide bonds. The summed E-state index contributed by atoms with van der Waals surface area (Å²) in [6, 6.07) is 1.52. The van der Waals surface area contributed by atoms with E-state index in [0.717, 1.165) is 44.4 Å². The molecule has 0 aromatic carbocycles. The number of anilines is 1. The monoisotopic (exact) mass is 539 g/mol. The second kappa shape index (κ2) is 9.86. The van der Waals surface area contributed by atoms with Gasteiger partial charge in [0.25, 0.3) is 11.8 Å². The third kappa shape index (κ3) is 5.59. The zero-order valence-electron chi connectivity index (χ0n) is 21.3. The minimum Gasteiger partial charge on any atom is -0.388 e. The lowest BCUT2D eigenvalue weighted by molar-refractivity contribution is -0.168. The molecule has 0 radical (unpaired) electrons. The fourth-order valence-corrected chi connectivity index (χ4v) is 5.50. The molecule has 2 fully saturated rings. The van der Waals surface area contributed by atoms with Crippen LogP contribution in [0.15, 0.2) is 12.3 Å². The van der Waals surface area contributed by atoms with E-state index in [2.05, 4.69) is 20.6 Å². The number of amides is 2. The Bertz CT molecular complexity index is 1190. The topological polar surface area (TPSA) is 107 Å². The van der Waals surface area contributed by atoms with Crippen molar-refractivity contribution in [2.75, 3.05) is 18.4 Å². The number of carbonyl (C=O) groups excluding carboxylic acids is 2. The van der Waals surface area contributed by atoms with Gasteiger partial charge in [0.1, 0.15) is 17.1 Å². The number of hydrogen-bond acceptors (Lipinski definition) is 7. The van der Waals surface area contributed by atoms with Crippen LogP contribution in [0.1, 0.15) is 78.7 Å². The maximum Gasteiger partial charge on any atom is 0.410 e. The van der Waals surface area contributed by atoms with Crippen LogP contribution in [0.5, 0.6) is 0 Å². The first-order chi connectivity index (χ1) is 17.2. The maximum atomic E-state index is 13.5. The smallest absolute Gasteiger partial charge is 0.388 e. The number of aromatic nitrogens is 2. The molecular weight excluding hydrogens is 507 g/mol. The summed E-state index contributed by atoms with van der Waals surface area (Å²) in [4.78, 5) is 37.1. The molecule has 1 aliphatic carbocycles. The lowest BCUT2D eigenvalue weighted by Crippen LogP contribution is -2.47. The van der Waals surface area contributed by atoms with E-state index < -0.39 is 23.2 Å². The van der Waals surface area contributed by atoms with Gasteiger partial charge in [-0.25, -0.2) is 9.97 Å². The van der Waals surface area contributed by atoms with Gasteiger partial charge in [0.05, 0.1) is 10.5 Å². The molecule has 1 aliphatic heterocycles. The van der Waals surface area contributed by atoms with E-state index in [1.165, 1.54) is 12.3 Å². The third-order valence-corrected chi connectivity index (χ3v) is 8.29. The number of aryl methyl sites for hydroxylation is 1. The zero-order valence-corrected chi connectivity index (χ0v) is 22.1. The number of carbonyl (C=O) groups is 2. The van der Waals surface area contributed by atoms with E-state index in [-0.39, 0.29) is 35.0 Å². The minimum atomic E-state index is -4.49.